The fourth-order valence-corrected chi connectivity index (χ4v) is 3.29. The molecule has 4 heteroatoms. The van der Waals surface area contributed by atoms with E-state index < -0.39 is 0 Å². The average Bonchev–Trinajstić information content (AvgIpc) is 3.00. The Labute approximate surface area is 128 Å². The molecular formula is C16H15ClN2S. The standard InChI is InChI=1S/C16H14N2S.ClH/c17-14-8-13(14)12-1-3-15(18-9-12)10-2-4-16-11(7-10)5-6-19-16;/h1-7,9,13-14H,8,17H2;1H. The first-order valence-electron chi connectivity index (χ1n) is 6.50. The summed E-state index contributed by atoms with van der Waals surface area (Å²) in [6.07, 6.45) is 3.08. The van der Waals surface area contributed by atoms with Crippen LogP contribution in [0.4, 0.5) is 0 Å². The van der Waals surface area contributed by atoms with Crippen molar-refractivity contribution in [1.29, 1.82) is 0 Å². The van der Waals surface area contributed by atoms with Crippen molar-refractivity contribution in [2.24, 2.45) is 5.73 Å². The van der Waals surface area contributed by atoms with E-state index in [2.05, 4.69) is 46.8 Å². The van der Waals surface area contributed by atoms with Crippen molar-refractivity contribution in [3.05, 3.63) is 53.5 Å². The maximum absolute atomic E-state index is 5.87. The fourth-order valence-electron chi connectivity index (χ4n) is 2.52. The Morgan fingerprint density at radius 2 is 2.00 bits per heavy atom. The van der Waals surface area contributed by atoms with Gasteiger partial charge in [-0.1, -0.05) is 12.1 Å². The van der Waals surface area contributed by atoms with Crippen LogP contribution < -0.4 is 5.73 Å². The highest BCUT2D eigenvalue weighted by atomic mass is 35.5. The van der Waals surface area contributed by atoms with Crippen LogP contribution in [0.2, 0.25) is 0 Å². The minimum atomic E-state index is 0. The maximum atomic E-state index is 5.87. The summed E-state index contributed by atoms with van der Waals surface area (Å²) in [7, 11) is 0. The van der Waals surface area contributed by atoms with Gasteiger partial charge in [0.2, 0.25) is 0 Å². The van der Waals surface area contributed by atoms with Gasteiger partial charge in [-0.15, -0.1) is 23.7 Å². The minimum Gasteiger partial charge on any atom is -0.327 e. The zero-order valence-corrected chi connectivity index (χ0v) is 12.5. The monoisotopic (exact) mass is 302 g/mol. The molecule has 0 bridgehead atoms. The van der Waals surface area contributed by atoms with E-state index in [9.17, 15) is 0 Å². The van der Waals surface area contributed by atoms with Crippen molar-refractivity contribution in [2.75, 3.05) is 0 Å². The van der Waals surface area contributed by atoms with Crippen LogP contribution in [-0.2, 0) is 0 Å². The summed E-state index contributed by atoms with van der Waals surface area (Å²) >= 11 is 1.77. The van der Waals surface area contributed by atoms with Crippen molar-refractivity contribution >= 4 is 33.8 Å². The molecule has 0 spiro atoms. The zero-order valence-electron chi connectivity index (χ0n) is 10.8. The second-order valence-electron chi connectivity index (χ2n) is 5.16. The van der Waals surface area contributed by atoms with Gasteiger partial charge >= 0.3 is 0 Å². The lowest BCUT2D eigenvalue weighted by Gasteiger charge is -2.03. The summed E-state index contributed by atoms with van der Waals surface area (Å²) in [6, 6.07) is 13.3. The Kier molecular flexibility index (Phi) is 3.50. The molecule has 1 aliphatic carbocycles. The Morgan fingerprint density at radius 3 is 2.70 bits per heavy atom. The molecule has 4 rings (SSSR count). The quantitative estimate of drug-likeness (QED) is 0.770. The molecule has 2 unspecified atom stereocenters. The molecule has 1 fully saturated rings. The molecule has 2 heterocycles. The van der Waals surface area contributed by atoms with Crippen molar-refractivity contribution in [3.63, 3.8) is 0 Å². The number of nitrogens with zero attached hydrogens (tertiary/aromatic N) is 1. The van der Waals surface area contributed by atoms with Gasteiger partial charge in [0.25, 0.3) is 0 Å². The summed E-state index contributed by atoms with van der Waals surface area (Å²) < 4.78 is 1.32. The molecule has 2 nitrogen and oxygen atoms in total. The van der Waals surface area contributed by atoms with Crippen LogP contribution >= 0.6 is 23.7 Å². The third kappa shape index (κ3) is 2.33. The van der Waals surface area contributed by atoms with Gasteiger partial charge in [0, 0.05) is 28.4 Å². The second kappa shape index (κ2) is 5.17. The first-order valence-corrected chi connectivity index (χ1v) is 7.38. The van der Waals surface area contributed by atoms with Gasteiger partial charge in [-0.3, -0.25) is 4.98 Å². The molecule has 0 radical (unpaired) electrons. The van der Waals surface area contributed by atoms with Crippen molar-refractivity contribution in [1.82, 2.24) is 4.98 Å². The molecule has 102 valence electrons. The van der Waals surface area contributed by atoms with E-state index in [-0.39, 0.29) is 12.4 Å². The van der Waals surface area contributed by atoms with Gasteiger partial charge in [-0.05, 0) is 47.0 Å². The molecule has 2 aromatic heterocycles. The third-order valence-corrected chi connectivity index (χ3v) is 4.70. The lowest BCUT2D eigenvalue weighted by molar-refractivity contribution is 0.981. The summed E-state index contributed by atoms with van der Waals surface area (Å²) in [5, 5.41) is 3.41. The number of hydrogen-bond acceptors (Lipinski definition) is 3. The Hall–Kier alpha value is -1.42. The lowest BCUT2D eigenvalue weighted by Crippen LogP contribution is -2.01. The van der Waals surface area contributed by atoms with Gasteiger partial charge in [0.15, 0.2) is 0 Å². The summed E-state index contributed by atoms with van der Waals surface area (Å²) in [5.74, 6) is 0.529. The Morgan fingerprint density at radius 1 is 1.15 bits per heavy atom. The number of thiophene rings is 1. The number of aromatic nitrogens is 1. The highest BCUT2D eigenvalue weighted by molar-refractivity contribution is 7.17. The number of pyridine rings is 1. The number of fused-ring (bicyclic) bond motifs is 1. The van der Waals surface area contributed by atoms with Crippen LogP contribution in [0.15, 0.2) is 48.0 Å². The number of nitrogens with two attached hydrogens (primary N) is 1. The van der Waals surface area contributed by atoms with Crippen LogP contribution in [0.5, 0.6) is 0 Å². The van der Waals surface area contributed by atoms with Crippen LogP contribution in [-0.4, -0.2) is 11.0 Å². The van der Waals surface area contributed by atoms with E-state index >= 15 is 0 Å². The molecule has 1 aliphatic rings. The first kappa shape index (κ1) is 13.6. The van der Waals surface area contributed by atoms with Gasteiger partial charge in [0.05, 0.1) is 5.69 Å². The number of benzene rings is 1. The Bertz CT molecular complexity index is 736. The number of halogens is 1. The summed E-state index contributed by atoms with van der Waals surface area (Å²) in [5.41, 5.74) is 9.35. The van der Waals surface area contributed by atoms with Gasteiger partial charge in [-0.25, -0.2) is 0 Å². The largest absolute Gasteiger partial charge is 0.327 e. The first-order chi connectivity index (χ1) is 9.31. The number of rotatable bonds is 2. The predicted molar refractivity (Wildman–Crippen MR) is 87.6 cm³/mol. The topological polar surface area (TPSA) is 38.9 Å². The molecule has 0 amide bonds. The third-order valence-electron chi connectivity index (χ3n) is 3.80. The second-order valence-corrected chi connectivity index (χ2v) is 6.10. The smallest absolute Gasteiger partial charge is 0.0702 e. The molecule has 20 heavy (non-hydrogen) atoms. The van der Waals surface area contributed by atoms with Gasteiger partial charge in [0.1, 0.15) is 0 Å². The summed E-state index contributed by atoms with van der Waals surface area (Å²) in [6.45, 7) is 0. The molecule has 1 saturated carbocycles. The van der Waals surface area contributed by atoms with Crippen molar-refractivity contribution in [2.45, 2.75) is 18.4 Å². The van der Waals surface area contributed by atoms with E-state index in [1.807, 2.05) is 6.20 Å². The van der Waals surface area contributed by atoms with E-state index in [1.54, 1.807) is 11.3 Å². The highest BCUT2D eigenvalue weighted by Crippen LogP contribution is 2.39. The van der Waals surface area contributed by atoms with E-state index in [1.165, 1.54) is 21.2 Å². The molecule has 0 aliphatic heterocycles. The van der Waals surface area contributed by atoms with Crippen LogP contribution in [0.3, 0.4) is 0 Å². The van der Waals surface area contributed by atoms with E-state index in [4.69, 9.17) is 5.73 Å². The zero-order chi connectivity index (χ0) is 12.8. The van der Waals surface area contributed by atoms with Gasteiger partial charge in [-0.2, -0.15) is 0 Å². The average molecular weight is 303 g/mol. The van der Waals surface area contributed by atoms with E-state index in [0.717, 1.165) is 12.1 Å². The highest BCUT2D eigenvalue weighted by Gasteiger charge is 2.34. The molecule has 2 atom stereocenters. The molecular weight excluding hydrogens is 288 g/mol. The van der Waals surface area contributed by atoms with Crippen LogP contribution in [0, 0.1) is 0 Å². The SMILES string of the molecule is Cl.NC1CC1c1ccc(-c2ccc3sccc3c2)nc1. The molecule has 1 aromatic carbocycles. The Balaban J connectivity index is 0.00000121. The fraction of sp³-hybridized carbons (Fsp3) is 0.188. The lowest BCUT2D eigenvalue weighted by atomic mass is 10.1. The van der Waals surface area contributed by atoms with Crippen molar-refractivity contribution in [3.8, 4) is 11.3 Å². The molecule has 3 aromatic rings. The van der Waals surface area contributed by atoms with Crippen LogP contribution in [0.1, 0.15) is 17.9 Å². The maximum Gasteiger partial charge on any atom is 0.0702 e. The molecule has 0 saturated heterocycles. The molecule has 2 N–H and O–H groups in total. The predicted octanol–water partition coefficient (Wildman–Crippen LogP) is 4.20. The van der Waals surface area contributed by atoms with Gasteiger partial charge < -0.3 is 5.73 Å². The van der Waals surface area contributed by atoms with Crippen molar-refractivity contribution < 1.29 is 0 Å². The van der Waals surface area contributed by atoms with Crippen LogP contribution in [0.25, 0.3) is 21.3 Å². The summed E-state index contributed by atoms with van der Waals surface area (Å²) in [4.78, 5) is 4.58. The number of hydrogen-bond donors (Lipinski definition) is 1. The minimum absolute atomic E-state index is 0. The van der Waals surface area contributed by atoms with E-state index in [0.29, 0.717) is 12.0 Å². The normalized spacial score (nSPS) is 20.6.